The van der Waals surface area contributed by atoms with Gasteiger partial charge >= 0.3 is 0 Å². The van der Waals surface area contributed by atoms with Gasteiger partial charge < -0.3 is 18.9 Å². The molecule has 2 aromatic carbocycles. The molecule has 1 aromatic heterocycles. The van der Waals surface area contributed by atoms with Crippen molar-refractivity contribution >= 4 is 23.4 Å². The maximum atomic E-state index is 13.4. The van der Waals surface area contributed by atoms with Gasteiger partial charge in [-0.3, -0.25) is 4.79 Å². The van der Waals surface area contributed by atoms with E-state index in [1.807, 2.05) is 31.2 Å². The molecule has 144 valence electrons. The van der Waals surface area contributed by atoms with Crippen LogP contribution in [0.5, 0.6) is 11.5 Å². The Hall–Kier alpha value is -2.93. The Labute approximate surface area is 167 Å². The number of ether oxygens (including phenoxy) is 2. The lowest BCUT2D eigenvalue weighted by atomic mass is 10.1. The van der Waals surface area contributed by atoms with Gasteiger partial charge in [0.15, 0.2) is 11.5 Å². The molecule has 0 radical (unpaired) electrons. The number of fused-ring (bicyclic) bond motifs is 3. The van der Waals surface area contributed by atoms with Crippen LogP contribution in [0.3, 0.4) is 0 Å². The molecule has 0 spiro atoms. The zero-order chi connectivity index (χ0) is 19.7. The van der Waals surface area contributed by atoms with Crippen molar-refractivity contribution in [1.29, 1.82) is 0 Å². The number of anilines is 1. The van der Waals surface area contributed by atoms with Gasteiger partial charge in [0.2, 0.25) is 0 Å². The smallest absolute Gasteiger partial charge is 0.280 e. The maximum absolute atomic E-state index is 13.4. The van der Waals surface area contributed by atoms with Gasteiger partial charge in [-0.2, -0.15) is 0 Å². The third-order valence-corrected chi connectivity index (χ3v) is 5.83. The molecule has 0 fully saturated rings. The summed E-state index contributed by atoms with van der Waals surface area (Å²) >= 11 is 1.68. The summed E-state index contributed by atoms with van der Waals surface area (Å²) in [6.07, 6.45) is 0. The Morgan fingerprint density at radius 2 is 2.04 bits per heavy atom. The number of nitrogens with zero attached hydrogens (tertiary/aromatic N) is 2. The van der Waals surface area contributed by atoms with Crippen molar-refractivity contribution in [1.82, 2.24) is 5.16 Å². The van der Waals surface area contributed by atoms with E-state index in [1.54, 1.807) is 49.1 Å². The zero-order valence-electron chi connectivity index (χ0n) is 15.9. The Morgan fingerprint density at radius 1 is 1.21 bits per heavy atom. The van der Waals surface area contributed by atoms with E-state index in [9.17, 15) is 4.79 Å². The topological polar surface area (TPSA) is 64.8 Å². The van der Waals surface area contributed by atoms with Crippen LogP contribution >= 0.6 is 11.8 Å². The monoisotopic (exact) mass is 396 g/mol. The first-order chi connectivity index (χ1) is 13.7. The molecule has 28 heavy (non-hydrogen) atoms. The van der Waals surface area contributed by atoms with Crippen LogP contribution in [0.1, 0.15) is 23.0 Å². The Balaban J connectivity index is 1.75. The fraction of sp³-hybridized carbons (Fsp3) is 0.238. The molecule has 2 heterocycles. The van der Waals surface area contributed by atoms with Crippen LogP contribution in [0.4, 0.5) is 5.69 Å². The second kappa shape index (κ2) is 7.59. The zero-order valence-corrected chi connectivity index (χ0v) is 16.7. The van der Waals surface area contributed by atoms with Gasteiger partial charge in [-0.25, -0.2) is 0 Å². The summed E-state index contributed by atoms with van der Waals surface area (Å²) < 4.78 is 16.4. The van der Waals surface area contributed by atoms with E-state index < -0.39 is 0 Å². The quantitative estimate of drug-likeness (QED) is 0.626. The van der Waals surface area contributed by atoms with E-state index in [1.165, 1.54) is 0 Å². The van der Waals surface area contributed by atoms with Crippen molar-refractivity contribution in [2.24, 2.45) is 0 Å². The lowest BCUT2D eigenvalue weighted by Crippen LogP contribution is -2.32. The summed E-state index contributed by atoms with van der Waals surface area (Å²) in [6, 6.07) is 13.4. The molecule has 7 heteroatoms. The van der Waals surface area contributed by atoms with Gasteiger partial charge in [-0.15, -0.1) is 11.8 Å². The minimum Gasteiger partial charge on any atom is -0.497 e. The third-order valence-electron chi connectivity index (χ3n) is 4.73. The van der Waals surface area contributed by atoms with Gasteiger partial charge in [0.25, 0.3) is 5.91 Å². The highest BCUT2D eigenvalue weighted by atomic mass is 32.2. The Kier molecular flexibility index (Phi) is 5.00. The van der Waals surface area contributed by atoms with Crippen LogP contribution in [0, 0.1) is 0 Å². The van der Waals surface area contributed by atoms with Gasteiger partial charge in [0, 0.05) is 34.4 Å². The van der Waals surface area contributed by atoms with Crippen LogP contribution in [-0.2, 0) is 5.75 Å². The molecule has 1 aliphatic heterocycles. The largest absolute Gasteiger partial charge is 0.497 e. The summed E-state index contributed by atoms with van der Waals surface area (Å²) in [4.78, 5) is 16.1. The Bertz CT molecular complexity index is 1030. The van der Waals surface area contributed by atoms with E-state index in [4.69, 9.17) is 14.0 Å². The minimum absolute atomic E-state index is 0.223. The second-order valence-electron chi connectivity index (χ2n) is 6.21. The first-order valence-electron chi connectivity index (χ1n) is 8.92. The summed E-state index contributed by atoms with van der Waals surface area (Å²) in [7, 11) is 3.17. The predicted octanol–water partition coefficient (Wildman–Crippen LogP) is 4.63. The van der Waals surface area contributed by atoms with Crippen LogP contribution in [0.25, 0.3) is 11.3 Å². The molecule has 0 aliphatic carbocycles. The fourth-order valence-corrected chi connectivity index (χ4v) is 4.37. The molecule has 6 nitrogen and oxygen atoms in total. The minimum atomic E-state index is -0.223. The van der Waals surface area contributed by atoms with Crippen molar-refractivity contribution in [3.8, 4) is 22.8 Å². The molecule has 1 aliphatic rings. The average Bonchev–Trinajstić information content (AvgIpc) is 3.18. The molecule has 0 saturated carbocycles. The van der Waals surface area contributed by atoms with E-state index >= 15 is 0 Å². The highest BCUT2D eigenvalue weighted by molar-refractivity contribution is 7.98. The number of aromatic nitrogens is 1. The lowest BCUT2D eigenvalue weighted by Gasteiger charge is -2.23. The molecule has 4 rings (SSSR count). The van der Waals surface area contributed by atoms with E-state index in [-0.39, 0.29) is 5.91 Å². The Morgan fingerprint density at radius 3 is 2.79 bits per heavy atom. The number of methoxy groups -OCH3 is 2. The molecule has 1 amide bonds. The number of hydrogen-bond donors (Lipinski definition) is 0. The maximum Gasteiger partial charge on any atom is 0.280 e. The molecule has 0 N–H and O–H groups in total. The molecule has 0 atom stereocenters. The second-order valence-corrected chi connectivity index (χ2v) is 7.23. The van der Waals surface area contributed by atoms with Crippen molar-refractivity contribution in [2.75, 3.05) is 25.7 Å². The van der Waals surface area contributed by atoms with Crippen molar-refractivity contribution in [3.05, 3.63) is 53.7 Å². The normalized spacial score (nSPS) is 12.1. The standard InChI is InChI=1S/C21H20N2O4S/c1-4-23(16-11-13(25-2)9-10-17(16)26-3)21(24)19-15-12-28-18-8-6-5-7-14(18)20(15)27-22-19/h5-11H,4,12H2,1-3H3. The van der Waals surface area contributed by atoms with E-state index in [2.05, 4.69) is 5.16 Å². The van der Waals surface area contributed by atoms with Crippen molar-refractivity contribution < 1.29 is 18.8 Å². The van der Waals surface area contributed by atoms with Crippen LogP contribution < -0.4 is 14.4 Å². The van der Waals surface area contributed by atoms with Crippen LogP contribution in [-0.4, -0.2) is 31.8 Å². The van der Waals surface area contributed by atoms with Crippen molar-refractivity contribution in [3.63, 3.8) is 0 Å². The molecule has 3 aromatic rings. The number of thioether (sulfide) groups is 1. The first-order valence-corrected chi connectivity index (χ1v) is 9.91. The molecule has 0 saturated heterocycles. The molecular formula is C21H20N2O4S. The molecule has 0 bridgehead atoms. The number of rotatable bonds is 5. The highest BCUT2D eigenvalue weighted by Crippen LogP contribution is 2.43. The third kappa shape index (κ3) is 3.01. The van der Waals surface area contributed by atoms with Crippen molar-refractivity contribution in [2.45, 2.75) is 17.6 Å². The summed E-state index contributed by atoms with van der Waals surface area (Å²) in [6.45, 7) is 2.36. The number of benzene rings is 2. The fourth-order valence-electron chi connectivity index (χ4n) is 3.31. The number of amides is 1. The number of carbonyl (C=O) groups is 1. The highest BCUT2D eigenvalue weighted by Gasteiger charge is 2.31. The number of hydrogen-bond acceptors (Lipinski definition) is 6. The van der Waals surface area contributed by atoms with Gasteiger partial charge in [0.1, 0.15) is 11.5 Å². The van der Waals surface area contributed by atoms with Gasteiger partial charge in [-0.1, -0.05) is 17.3 Å². The van der Waals surface area contributed by atoms with Crippen LogP contribution in [0.2, 0.25) is 0 Å². The first kappa shape index (κ1) is 18.4. The van der Waals surface area contributed by atoms with Gasteiger partial charge in [-0.05, 0) is 31.2 Å². The summed E-state index contributed by atoms with van der Waals surface area (Å²) in [5, 5.41) is 4.14. The lowest BCUT2D eigenvalue weighted by molar-refractivity contribution is 0.0978. The summed E-state index contributed by atoms with van der Waals surface area (Å²) in [5.74, 6) is 2.33. The average molecular weight is 396 g/mol. The van der Waals surface area contributed by atoms with Crippen LogP contribution in [0.15, 0.2) is 51.9 Å². The van der Waals surface area contributed by atoms with E-state index in [0.717, 1.165) is 16.0 Å². The predicted molar refractivity (Wildman–Crippen MR) is 108 cm³/mol. The number of carbonyl (C=O) groups excluding carboxylic acids is 1. The molecule has 0 unspecified atom stereocenters. The SMILES string of the molecule is CCN(C(=O)c1noc2c1CSc1ccccc1-2)c1cc(OC)ccc1OC. The summed E-state index contributed by atoms with van der Waals surface area (Å²) in [5.41, 5.74) is 2.77. The molecular weight excluding hydrogens is 376 g/mol. The van der Waals surface area contributed by atoms with E-state index in [0.29, 0.717) is 40.9 Å². The van der Waals surface area contributed by atoms with Gasteiger partial charge in [0.05, 0.1) is 19.9 Å².